The van der Waals surface area contributed by atoms with Crippen LogP contribution in [0.5, 0.6) is 0 Å². The van der Waals surface area contributed by atoms with Crippen LogP contribution in [0, 0.1) is 20.8 Å². The number of anilines is 1. The van der Waals surface area contributed by atoms with E-state index in [1.807, 2.05) is 39.0 Å². The number of alkyl halides is 2. The largest absolute Gasteiger partial charge is 0.381 e. The molecule has 3 N–H and O–H groups in total. The highest BCUT2D eigenvalue weighted by molar-refractivity contribution is 5.73. The Balaban J connectivity index is 1.49. The first-order chi connectivity index (χ1) is 21.2. The van der Waals surface area contributed by atoms with Crippen LogP contribution in [0.25, 0.3) is 11.1 Å². The van der Waals surface area contributed by atoms with E-state index in [4.69, 9.17) is 9.47 Å². The number of H-pyrrole nitrogens is 1. The van der Waals surface area contributed by atoms with Gasteiger partial charge in [-0.25, -0.2) is 8.78 Å². The molecule has 1 atom stereocenters. The van der Waals surface area contributed by atoms with Crippen molar-refractivity contribution in [1.82, 2.24) is 15.2 Å². The maximum absolute atomic E-state index is 14.0. The van der Waals surface area contributed by atoms with Gasteiger partial charge in [-0.1, -0.05) is 24.3 Å². The molecule has 2 aliphatic heterocycles. The molecule has 0 spiro atoms. The second-order valence-electron chi connectivity index (χ2n) is 11.9. The Bertz CT molecular complexity index is 1450. The summed E-state index contributed by atoms with van der Waals surface area (Å²) in [5.41, 5.74) is 6.87. The molecule has 10 heteroatoms. The van der Waals surface area contributed by atoms with E-state index in [-0.39, 0.29) is 18.1 Å². The van der Waals surface area contributed by atoms with Crippen LogP contribution in [0.4, 0.5) is 14.5 Å². The van der Waals surface area contributed by atoms with Crippen LogP contribution in [0.2, 0.25) is 0 Å². The Morgan fingerprint density at radius 2 is 1.68 bits per heavy atom. The molecule has 5 rings (SSSR count). The zero-order valence-electron chi connectivity index (χ0n) is 25.9. The van der Waals surface area contributed by atoms with Crippen molar-refractivity contribution >= 4 is 5.69 Å². The SMILES string of the molecule is Cc1cc(C)c(CNC(O)c2cc(-c3ccc(CN4CCOCC4)cc3)cc(N(CC(F)F)C3CCOCC3)c2C)c(=O)[nH]1. The van der Waals surface area contributed by atoms with Crippen molar-refractivity contribution in [2.45, 2.75) is 65.4 Å². The zero-order valence-corrected chi connectivity index (χ0v) is 25.9. The van der Waals surface area contributed by atoms with Gasteiger partial charge in [0.05, 0.1) is 19.8 Å². The number of hydrogen-bond acceptors (Lipinski definition) is 7. The first-order valence-corrected chi connectivity index (χ1v) is 15.5. The fourth-order valence-electron chi connectivity index (χ4n) is 6.29. The van der Waals surface area contributed by atoms with Crippen molar-refractivity contribution in [3.63, 3.8) is 0 Å². The van der Waals surface area contributed by atoms with Gasteiger partial charge in [0.2, 0.25) is 0 Å². The molecule has 2 fully saturated rings. The number of halogens is 2. The Kier molecular flexibility index (Phi) is 10.8. The number of benzene rings is 2. The van der Waals surface area contributed by atoms with Crippen molar-refractivity contribution < 1.29 is 23.4 Å². The number of aromatic nitrogens is 1. The number of aromatic amines is 1. The minimum absolute atomic E-state index is 0.102. The predicted molar refractivity (Wildman–Crippen MR) is 168 cm³/mol. The van der Waals surface area contributed by atoms with Crippen molar-refractivity contribution in [3.8, 4) is 11.1 Å². The molecule has 1 unspecified atom stereocenters. The average molecular weight is 611 g/mol. The van der Waals surface area contributed by atoms with Crippen LogP contribution in [0.15, 0.2) is 47.3 Å². The quantitative estimate of drug-likeness (QED) is 0.268. The third kappa shape index (κ3) is 7.92. The number of hydrogen-bond donors (Lipinski definition) is 3. The predicted octanol–water partition coefficient (Wildman–Crippen LogP) is 4.83. The molecular weight excluding hydrogens is 566 g/mol. The van der Waals surface area contributed by atoms with Crippen molar-refractivity contribution in [2.24, 2.45) is 0 Å². The lowest BCUT2D eigenvalue weighted by Gasteiger charge is -2.37. The molecule has 2 aromatic carbocycles. The number of ether oxygens (including phenoxy) is 2. The highest BCUT2D eigenvalue weighted by Crippen LogP contribution is 2.36. The van der Waals surface area contributed by atoms with E-state index in [2.05, 4.69) is 39.5 Å². The third-order valence-corrected chi connectivity index (χ3v) is 8.75. The van der Waals surface area contributed by atoms with E-state index in [0.29, 0.717) is 42.9 Å². The minimum atomic E-state index is -2.52. The van der Waals surface area contributed by atoms with Crippen molar-refractivity contribution in [1.29, 1.82) is 0 Å². The lowest BCUT2D eigenvalue weighted by molar-refractivity contribution is 0.0342. The summed E-state index contributed by atoms with van der Waals surface area (Å²) in [5, 5.41) is 14.6. The summed E-state index contributed by atoms with van der Waals surface area (Å²) in [4.78, 5) is 19.6. The maximum atomic E-state index is 14.0. The van der Waals surface area contributed by atoms with E-state index in [1.165, 1.54) is 5.56 Å². The fourth-order valence-corrected chi connectivity index (χ4v) is 6.29. The van der Waals surface area contributed by atoms with Gasteiger partial charge in [0.1, 0.15) is 6.23 Å². The van der Waals surface area contributed by atoms with Crippen LogP contribution in [-0.2, 0) is 22.6 Å². The lowest BCUT2D eigenvalue weighted by Crippen LogP contribution is -2.42. The minimum Gasteiger partial charge on any atom is -0.381 e. The first kappa shape index (κ1) is 32.2. The maximum Gasteiger partial charge on any atom is 0.255 e. The molecule has 238 valence electrons. The van der Waals surface area contributed by atoms with E-state index >= 15 is 0 Å². The van der Waals surface area contributed by atoms with Crippen LogP contribution < -0.4 is 15.8 Å². The monoisotopic (exact) mass is 610 g/mol. The molecule has 3 heterocycles. The molecular formula is C34H44F2N4O4. The van der Waals surface area contributed by atoms with Gasteiger partial charge in [-0.3, -0.25) is 15.0 Å². The third-order valence-electron chi connectivity index (χ3n) is 8.75. The Morgan fingerprint density at radius 3 is 2.34 bits per heavy atom. The molecule has 8 nitrogen and oxygen atoms in total. The molecule has 44 heavy (non-hydrogen) atoms. The molecule has 0 bridgehead atoms. The van der Waals surface area contributed by atoms with Gasteiger partial charge in [0, 0.05) is 67.9 Å². The van der Waals surface area contributed by atoms with Gasteiger partial charge in [0.25, 0.3) is 12.0 Å². The van der Waals surface area contributed by atoms with E-state index in [9.17, 15) is 18.7 Å². The molecule has 2 saturated heterocycles. The number of aliphatic hydroxyl groups excluding tert-OH is 1. The molecule has 0 saturated carbocycles. The number of pyridine rings is 1. The Labute approximate surface area is 258 Å². The molecule has 0 aliphatic carbocycles. The Morgan fingerprint density at radius 1 is 1.00 bits per heavy atom. The standard InChI is InChI=1S/C34H44F2N4O4/c1-22-16-23(2)38-34(42)30(22)19-37-33(41)29-17-27(26-6-4-25(5-7-26)20-39-10-14-44-15-11-39)18-31(24(29)3)40(21-32(35)36)28-8-12-43-13-9-28/h4-7,16-18,28,32-33,37,41H,8-15,19-21H2,1-3H3,(H,38,42). The second kappa shape index (κ2) is 14.8. The molecule has 0 amide bonds. The van der Waals surface area contributed by atoms with Gasteiger partial charge in [-0.05, 0) is 79.6 Å². The Hall–Kier alpha value is -3.15. The van der Waals surface area contributed by atoms with Gasteiger partial charge >= 0.3 is 0 Å². The topological polar surface area (TPSA) is 90.1 Å². The second-order valence-corrected chi connectivity index (χ2v) is 11.9. The summed E-state index contributed by atoms with van der Waals surface area (Å²) in [6.45, 7) is 10.5. The number of nitrogens with zero attached hydrogens (tertiary/aromatic N) is 2. The average Bonchev–Trinajstić information content (AvgIpc) is 3.01. The number of aliphatic hydroxyl groups is 1. The van der Waals surface area contributed by atoms with Crippen LogP contribution in [0.3, 0.4) is 0 Å². The summed E-state index contributed by atoms with van der Waals surface area (Å²) in [5.74, 6) is 0. The van der Waals surface area contributed by atoms with Gasteiger partial charge in [-0.15, -0.1) is 0 Å². The van der Waals surface area contributed by atoms with E-state index in [0.717, 1.165) is 60.8 Å². The number of rotatable bonds is 11. The summed E-state index contributed by atoms with van der Waals surface area (Å²) < 4.78 is 39.0. The normalized spacial score (nSPS) is 17.2. The smallest absolute Gasteiger partial charge is 0.255 e. The molecule has 1 aromatic heterocycles. The highest BCUT2D eigenvalue weighted by atomic mass is 19.3. The lowest BCUT2D eigenvalue weighted by atomic mass is 9.94. The zero-order chi connectivity index (χ0) is 31.2. The summed E-state index contributed by atoms with van der Waals surface area (Å²) in [6, 6.07) is 14.0. The summed E-state index contributed by atoms with van der Waals surface area (Å²) >= 11 is 0. The number of aryl methyl sites for hydroxylation is 2. The van der Waals surface area contributed by atoms with Crippen molar-refractivity contribution in [2.75, 3.05) is 51.0 Å². The molecule has 2 aliphatic rings. The van der Waals surface area contributed by atoms with Gasteiger partial charge in [0.15, 0.2) is 0 Å². The number of nitrogens with one attached hydrogen (secondary N) is 2. The van der Waals surface area contributed by atoms with Gasteiger partial charge < -0.3 is 24.5 Å². The fraction of sp³-hybridized carbons (Fsp3) is 0.500. The summed E-state index contributed by atoms with van der Waals surface area (Å²) in [6.07, 6.45) is -2.35. The molecule has 0 radical (unpaired) electrons. The first-order valence-electron chi connectivity index (χ1n) is 15.5. The van der Waals surface area contributed by atoms with Crippen LogP contribution in [-0.4, -0.2) is 73.5 Å². The van der Waals surface area contributed by atoms with E-state index < -0.39 is 19.2 Å². The highest BCUT2D eigenvalue weighted by Gasteiger charge is 2.28. The van der Waals surface area contributed by atoms with Crippen LogP contribution in [0.1, 0.15) is 52.6 Å². The van der Waals surface area contributed by atoms with Crippen LogP contribution >= 0.6 is 0 Å². The van der Waals surface area contributed by atoms with Crippen molar-refractivity contribution in [3.05, 3.63) is 86.3 Å². The van der Waals surface area contributed by atoms with E-state index in [1.54, 1.807) is 4.90 Å². The summed E-state index contributed by atoms with van der Waals surface area (Å²) in [7, 11) is 0. The van der Waals surface area contributed by atoms with Gasteiger partial charge in [-0.2, -0.15) is 0 Å². The molecule has 3 aromatic rings. The number of morpholine rings is 1.